The van der Waals surface area contributed by atoms with Gasteiger partial charge in [0.2, 0.25) is 0 Å². The van der Waals surface area contributed by atoms with Crippen LogP contribution in [0.3, 0.4) is 0 Å². The zero-order valence-electron chi connectivity index (χ0n) is 14.5. The molecule has 2 aromatic rings. The molecule has 0 fully saturated rings. The van der Waals surface area contributed by atoms with E-state index in [-0.39, 0.29) is 18.6 Å². The van der Waals surface area contributed by atoms with Crippen LogP contribution in [-0.4, -0.2) is 12.5 Å². The standard InChI is InChI=1S/C21H25NO2/c1-15-7-3-6-10-20(15)24-14-21(23)22-16(2)18-12-11-17-8-4-5-9-19(17)13-18/h3,6-7,10-13,16H,4-5,8-9,14H2,1-2H3,(H,22,23). The first-order valence-corrected chi connectivity index (χ1v) is 8.73. The first-order chi connectivity index (χ1) is 11.6. The van der Waals surface area contributed by atoms with Gasteiger partial charge in [0, 0.05) is 0 Å². The Labute approximate surface area is 144 Å². The van der Waals surface area contributed by atoms with Gasteiger partial charge < -0.3 is 10.1 Å². The summed E-state index contributed by atoms with van der Waals surface area (Å²) in [5, 5.41) is 3.03. The van der Waals surface area contributed by atoms with Crippen molar-refractivity contribution >= 4 is 5.91 Å². The Kier molecular flexibility index (Phi) is 5.19. The highest BCUT2D eigenvalue weighted by Gasteiger charge is 2.14. The molecule has 1 aliphatic rings. The van der Waals surface area contributed by atoms with Crippen LogP contribution in [0.2, 0.25) is 0 Å². The van der Waals surface area contributed by atoms with Gasteiger partial charge in [0.15, 0.2) is 6.61 Å². The van der Waals surface area contributed by atoms with Crippen molar-refractivity contribution in [2.45, 2.75) is 45.6 Å². The monoisotopic (exact) mass is 323 g/mol. The molecule has 0 spiro atoms. The van der Waals surface area contributed by atoms with E-state index in [2.05, 4.69) is 23.5 Å². The molecule has 2 aromatic carbocycles. The van der Waals surface area contributed by atoms with E-state index < -0.39 is 0 Å². The highest BCUT2D eigenvalue weighted by molar-refractivity contribution is 5.78. The molecule has 24 heavy (non-hydrogen) atoms. The van der Waals surface area contributed by atoms with Gasteiger partial charge >= 0.3 is 0 Å². The van der Waals surface area contributed by atoms with Crippen LogP contribution in [0.25, 0.3) is 0 Å². The quantitative estimate of drug-likeness (QED) is 0.898. The highest BCUT2D eigenvalue weighted by Crippen LogP contribution is 2.24. The normalized spacial score (nSPS) is 14.6. The zero-order valence-corrected chi connectivity index (χ0v) is 14.5. The Morgan fingerprint density at radius 3 is 2.67 bits per heavy atom. The Balaban J connectivity index is 1.57. The lowest BCUT2D eigenvalue weighted by atomic mass is 9.89. The summed E-state index contributed by atoms with van der Waals surface area (Å²) < 4.78 is 5.61. The smallest absolute Gasteiger partial charge is 0.258 e. The second-order valence-electron chi connectivity index (χ2n) is 6.58. The fourth-order valence-corrected chi connectivity index (χ4v) is 3.25. The molecule has 1 amide bonds. The summed E-state index contributed by atoms with van der Waals surface area (Å²) in [4.78, 5) is 12.2. The molecule has 3 rings (SSSR count). The number of ether oxygens (including phenoxy) is 1. The summed E-state index contributed by atoms with van der Waals surface area (Å²) in [5.74, 6) is 0.664. The molecule has 1 atom stereocenters. The molecule has 0 aromatic heterocycles. The second kappa shape index (κ2) is 7.52. The molecule has 3 heteroatoms. The number of benzene rings is 2. The number of rotatable bonds is 5. The van der Waals surface area contributed by atoms with Crippen LogP contribution >= 0.6 is 0 Å². The largest absolute Gasteiger partial charge is 0.484 e. The van der Waals surface area contributed by atoms with Crippen LogP contribution in [0.1, 0.15) is 48.1 Å². The van der Waals surface area contributed by atoms with E-state index in [0.29, 0.717) is 0 Å². The van der Waals surface area contributed by atoms with Crippen molar-refractivity contribution in [3.63, 3.8) is 0 Å². The molecule has 0 bridgehead atoms. The molecule has 0 aliphatic heterocycles. The maximum atomic E-state index is 12.2. The number of aryl methyl sites for hydroxylation is 3. The van der Waals surface area contributed by atoms with Gasteiger partial charge in [-0.2, -0.15) is 0 Å². The minimum Gasteiger partial charge on any atom is -0.484 e. The van der Waals surface area contributed by atoms with Gasteiger partial charge in [-0.15, -0.1) is 0 Å². The minimum atomic E-state index is -0.0940. The fraction of sp³-hybridized carbons (Fsp3) is 0.381. The van der Waals surface area contributed by atoms with Crippen LogP contribution in [-0.2, 0) is 17.6 Å². The number of hydrogen-bond donors (Lipinski definition) is 1. The number of amides is 1. The maximum Gasteiger partial charge on any atom is 0.258 e. The predicted molar refractivity (Wildman–Crippen MR) is 96.3 cm³/mol. The summed E-state index contributed by atoms with van der Waals surface area (Å²) in [6.45, 7) is 4.04. The Bertz CT molecular complexity index is 724. The maximum absolute atomic E-state index is 12.2. The van der Waals surface area contributed by atoms with Gasteiger partial charge in [0.1, 0.15) is 5.75 Å². The molecule has 1 N–H and O–H groups in total. The van der Waals surface area contributed by atoms with E-state index in [4.69, 9.17) is 4.74 Å². The molecule has 1 aliphatic carbocycles. The lowest BCUT2D eigenvalue weighted by molar-refractivity contribution is -0.123. The van der Waals surface area contributed by atoms with Crippen LogP contribution in [0, 0.1) is 6.92 Å². The van der Waals surface area contributed by atoms with E-state index in [0.717, 1.165) is 17.7 Å². The van der Waals surface area contributed by atoms with Gasteiger partial charge in [-0.3, -0.25) is 4.79 Å². The molecular formula is C21H25NO2. The molecule has 0 radical (unpaired) electrons. The Morgan fingerprint density at radius 1 is 1.12 bits per heavy atom. The third kappa shape index (κ3) is 3.97. The molecular weight excluding hydrogens is 298 g/mol. The van der Waals surface area contributed by atoms with Gasteiger partial charge in [0.25, 0.3) is 5.91 Å². The lowest BCUT2D eigenvalue weighted by Crippen LogP contribution is -2.31. The van der Waals surface area contributed by atoms with Crippen LogP contribution in [0.5, 0.6) is 5.75 Å². The molecule has 0 saturated heterocycles. The fourth-order valence-electron chi connectivity index (χ4n) is 3.25. The number of nitrogens with one attached hydrogen (secondary N) is 1. The van der Waals surface area contributed by atoms with Crippen molar-refractivity contribution in [3.8, 4) is 5.75 Å². The topological polar surface area (TPSA) is 38.3 Å². The minimum absolute atomic E-state index is 0.00908. The Hall–Kier alpha value is -2.29. The van der Waals surface area contributed by atoms with Crippen LogP contribution in [0.4, 0.5) is 0 Å². The van der Waals surface area contributed by atoms with Crippen molar-refractivity contribution in [2.75, 3.05) is 6.61 Å². The third-order valence-electron chi connectivity index (χ3n) is 4.70. The number of hydrogen-bond acceptors (Lipinski definition) is 2. The highest BCUT2D eigenvalue weighted by atomic mass is 16.5. The summed E-state index contributed by atoms with van der Waals surface area (Å²) in [5.41, 5.74) is 5.11. The molecule has 3 nitrogen and oxygen atoms in total. The SMILES string of the molecule is Cc1ccccc1OCC(=O)NC(C)c1ccc2c(c1)CCCC2. The van der Waals surface area contributed by atoms with Crippen molar-refractivity contribution in [1.82, 2.24) is 5.32 Å². The van der Waals surface area contributed by atoms with Crippen molar-refractivity contribution in [3.05, 3.63) is 64.7 Å². The summed E-state index contributed by atoms with van der Waals surface area (Å²) in [6, 6.07) is 14.3. The van der Waals surface area contributed by atoms with E-state index in [1.54, 1.807) is 0 Å². The first kappa shape index (κ1) is 16.6. The van der Waals surface area contributed by atoms with Gasteiger partial charge in [-0.25, -0.2) is 0 Å². The van der Waals surface area contributed by atoms with Crippen LogP contribution in [0.15, 0.2) is 42.5 Å². The molecule has 0 saturated carbocycles. The number of carbonyl (C=O) groups is 1. The van der Waals surface area contributed by atoms with E-state index in [1.165, 1.54) is 36.0 Å². The Morgan fingerprint density at radius 2 is 1.88 bits per heavy atom. The van der Waals surface area contributed by atoms with Crippen LogP contribution < -0.4 is 10.1 Å². The van der Waals surface area contributed by atoms with Gasteiger partial charge in [-0.05, 0) is 67.9 Å². The van der Waals surface area contributed by atoms with E-state index >= 15 is 0 Å². The third-order valence-corrected chi connectivity index (χ3v) is 4.70. The van der Waals surface area contributed by atoms with Crippen molar-refractivity contribution in [2.24, 2.45) is 0 Å². The average molecular weight is 323 g/mol. The van der Waals surface area contributed by atoms with E-state index in [1.807, 2.05) is 38.1 Å². The zero-order chi connectivity index (χ0) is 16.9. The molecule has 126 valence electrons. The summed E-state index contributed by atoms with van der Waals surface area (Å²) in [7, 11) is 0. The number of para-hydroxylation sites is 1. The lowest BCUT2D eigenvalue weighted by Gasteiger charge is -2.20. The molecule has 1 unspecified atom stereocenters. The summed E-state index contributed by atoms with van der Waals surface area (Å²) >= 11 is 0. The first-order valence-electron chi connectivity index (χ1n) is 8.73. The second-order valence-corrected chi connectivity index (χ2v) is 6.58. The van der Waals surface area contributed by atoms with E-state index in [9.17, 15) is 4.79 Å². The van der Waals surface area contributed by atoms with Crippen molar-refractivity contribution < 1.29 is 9.53 Å². The van der Waals surface area contributed by atoms with Gasteiger partial charge in [-0.1, -0.05) is 36.4 Å². The number of carbonyl (C=O) groups excluding carboxylic acids is 1. The predicted octanol–water partition coefficient (Wildman–Crippen LogP) is 4.13. The van der Waals surface area contributed by atoms with Gasteiger partial charge in [0.05, 0.1) is 6.04 Å². The summed E-state index contributed by atoms with van der Waals surface area (Å²) in [6.07, 6.45) is 4.89. The number of fused-ring (bicyclic) bond motifs is 1. The van der Waals surface area contributed by atoms with Crippen molar-refractivity contribution in [1.29, 1.82) is 0 Å². The average Bonchev–Trinajstić information content (AvgIpc) is 2.60. The molecule has 0 heterocycles.